The Morgan fingerprint density at radius 3 is 3.00 bits per heavy atom. The van der Waals surface area contributed by atoms with Crippen LogP contribution in [0.1, 0.15) is 13.3 Å². The van der Waals surface area contributed by atoms with Crippen molar-refractivity contribution in [1.29, 1.82) is 0 Å². The maximum atomic E-state index is 7.63. The summed E-state index contributed by atoms with van der Waals surface area (Å²) in [5, 5.41) is 2.84. The number of hydrogen-bond donors (Lipinski definition) is 0. The summed E-state index contributed by atoms with van der Waals surface area (Å²) in [6, 6.07) is 0. The van der Waals surface area contributed by atoms with Crippen LogP contribution in [0, 0.1) is 0 Å². The van der Waals surface area contributed by atoms with Gasteiger partial charge in [0.25, 0.3) is 0 Å². The Morgan fingerprint density at radius 2 is 2.57 bits per heavy atom. The number of azide groups is 1. The Balaban J connectivity index is 2.83. The Kier molecular flexibility index (Phi) is 4.46. The molecule has 0 unspecified atom stereocenters. The molecule has 4 heteroatoms. The van der Waals surface area contributed by atoms with E-state index in [-0.39, 0.29) is 0 Å². The lowest BCUT2D eigenvalue weighted by Crippen LogP contribution is -1.79. The quantitative estimate of drug-likeness (QED) is 0.175. The van der Waals surface area contributed by atoms with Crippen LogP contribution in [0.25, 0.3) is 10.4 Å². The molecule has 0 amide bonds. The summed E-state index contributed by atoms with van der Waals surface area (Å²) in [6.07, 6.45) is 0.874. The molecule has 0 aromatic rings. The second kappa shape index (κ2) is 5.11. The summed E-state index contributed by atoms with van der Waals surface area (Å²) >= 11 is 0. The third-order valence-corrected chi connectivity index (χ3v) is 0.390. The van der Waals surface area contributed by atoms with Crippen molar-refractivity contribution in [2.45, 2.75) is 13.3 Å². The van der Waals surface area contributed by atoms with E-state index in [2.05, 4.69) is 15.0 Å². The molecule has 0 spiro atoms. The van der Waals surface area contributed by atoms with Crippen LogP contribution in [0.3, 0.4) is 0 Å². The van der Waals surface area contributed by atoms with Crippen LogP contribution in [0.15, 0.2) is 5.28 Å². The van der Waals surface area contributed by atoms with E-state index < -0.39 is 0 Å². The number of nitrogens with zero attached hydrogens (tertiary/aromatic N) is 3. The molecule has 0 heterocycles. The first-order valence-corrected chi connectivity index (χ1v) is 2.08. The summed E-state index contributed by atoms with van der Waals surface area (Å²) in [5.74, 6) is 0. The molecule has 0 aromatic carbocycles. The predicted molar refractivity (Wildman–Crippen MR) is 25.4 cm³/mol. The van der Waals surface area contributed by atoms with Gasteiger partial charge in [-0.25, -0.2) is 0 Å². The van der Waals surface area contributed by atoms with E-state index in [4.69, 9.17) is 5.53 Å². The summed E-state index contributed by atoms with van der Waals surface area (Å²) in [5.41, 5.74) is 7.63. The molecule has 4 nitrogen and oxygen atoms in total. The Bertz CT molecular complexity index is 76.2. The first kappa shape index (κ1) is 6.11. The molecule has 0 rings (SSSR count). The Morgan fingerprint density at radius 1 is 1.86 bits per heavy atom. The van der Waals surface area contributed by atoms with Gasteiger partial charge in [0.15, 0.2) is 0 Å². The van der Waals surface area contributed by atoms with Gasteiger partial charge in [-0.1, -0.05) is 6.92 Å². The van der Waals surface area contributed by atoms with Crippen molar-refractivity contribution in [3.63, 3.8) is 0 Å². The second-order valence-electron chi connectivity index (χ2n) is 1.00. The molecular weight excluding hydrogens is 94.1 g/mol. The molecule has 0 N–H and O–H groups in total. The molecule has 0 aliphatic carbocycles. The highest BCUT2D eigenvalue weighted by Crippen LogP contribution is 1.78. The van der Waals surface area contributed by atoms with E-state index >= 15 is 0 Å². The molecule has 7 heavy (non-hydrogen) atoms. The van der Waals surface area contributed by atoms with E-state index in [1.165, 1.54) is 0 Å². The summed E-state index contributed by atoms with van der Waals surface area (Å²) in [7, 11) is 0. The number of hydrogen-bond acceptors (Lipinski definition) is 2. The van der Waals surface area contributed by atoms with Gasteiger partial charge in [-0.2, -0.15) is 0 Å². The van der Waals surface area contributed by atoms with Gasteiger partial charge in [0.05, 0.1) is 6.61 Å². The summed E-state index contributed by atoms with van der Waals surface area (Å²) in [4.78, 5) is 6.72. The van der Waals surface area contributed by atoms with Crippen LogP contribution in [0.4, 0.5) is 0 Å². The highest BCUT2D eigenvalue weighted by Gasteiger charge is 1.71. The van der Waals surface area contributed by atoms with Crippen molar-refractivity contribution in [1.82, 2.24) is 0 Å². The maximum absolute atomic E-state index is 7.63. The fourth-order valence-electron chi connectivity index (χ4n) is 0.158. The zero-order valence-corrected chi connectivity index (χ0v) is 4.16. The molecule has 0 fully saturated rings. The highest BCUT2D eigenvalue weighted by atomic mass is 16.6. The molecular formula is C3H7N3O. The first-order chi connectivity index (χ1) is 3.41. The van der Waals surface area contributed by atoms with Crippen molar-refractivity contribution in [3.05, 3.63) is 10.4 Å². The molecule has 0 aliphatic heterocycles. The summed E-state index contributed by atoms with van der Waals surface area (Å²) < 4.78 is 0. The molecule has 0 bridgehead atoms. The van der Waals surface area contributed by atoms with Crippen LogP contribution < -0.4 is 0 Å². The van der Waals surface area contributed by atoms with Crippen LogP contribution in [-0.4, -0.2) is 6.61 Å². The molecule has 0 aliphatic rings. The van der Waals surface area contributed by atoms with Gasteiger partial charge in [-0.15, -0.1) is 0 Å². The normalized spacial score (nSPS) is 7.00. The predicted octanol–water partition coefficient (Wildman–Crippen LogP) is 1.64. The van der Waals surface area contributed by atoms with Gasteiger partial charge in [0.2, 0.25) is 0 Å². The monoisotopic (exact) mass is 101 g/mol. The molecule has 0 aromatic heterocycles. The van der Waals surface area contributed by atoms with Gasteiger partial charge in [-0.3, -0.25) is 0 Å². The van der Waals surface area contributed by atoms with Crippen LogP contribution in [-0.2, 0) is 4.84 Å². The third-order valence-electron chi connectivity index (χ3n) is 0.390. The lowest BCUT2D eigenvalue weighted by molar-refractivity contribution is 0.139. The first-order valence-electron chi connectivity index (χ1n) is 2.08. The van der Waals surface area contributed by atoms with E-state index in [0.29, 0.717) is 6.61 Å². The lowest BCUT2D eigenvalue weighted by Gasteiger charge is -1.87. The molecule has 40 valence electrons. The van der Waals surface area contributed by atoms with Crippen molar-refractivity contribution in [2.24, 2.45) is 5.28 Å². The zero-order chi connectivity index (χ0) is 5.54. The topological polar surface area (TPSA) is 58.0 Å². The van der Waals surface area contributed by atoms with Crippen molar-refractivity contribution >= 4 is 0 Å². The van der Waals surface area contributed by atoms with Crippen molar-refractivity contribution in [2.75, 3.05) is 6.61 Å². The minimum atomic E-state index is 0.504. The lowest BCUT2D eigenvalue weighted by atomic mass is 10.5. The SMILES string of the molecule is CCCON=[N+]=[N-]. The average molecular weight is 101 g/mol. The molecule has 0 radical (unpaired) electrons. The van der Waals surface area contributed by atoms with Crippen molar-refractivity contribution < 1.29 is 4.84 Å². The third kappa shape index (κ3) is 5.11. The molecule has 0 saturated heterocycles. The highest BCUT2D eigenvalue weighted by molar-refractivity contribution is 4.29. The number of rotatable bonds is 3. The average Bonchev–Trinajstić information content (AvgIpc) is 1.69. The van der Waals surface area contributed by atoms with E-state index in [1.54, 1.807) is 0 Å². The fourth-order valence-corrected chi connectivity index (χ4v) is 0.158. The van der Waals surface area contributed by atoms with Crippen LogP contribution in [0.2, 0.25) is 0 Å². The van der Waals surface area contributed by atoms with Crippen LogP contribution >= 0.6 is 0 Å². The van der Waals surface area contributed by atoms with Crippen molar-refractivity contribution in [3.8, 4) is 0 Å². The van der Waals surface area contributed by atoms with E-state index in [1.807, 2.05) is 6.92 Å². The minimum absolute atomic E-state index is 0.504. The van der Waals surface area contributed by atoms with Gasteiger partial charge < -0.3 is 4.84 Å². The molecule has 0 saturated carbocycles. The molecule has 0 atom stereocenters. The van der Waals surface area contributed by atoms with Crippen LogP contribution in [0.5, 0.6) is 0 Å². The van der Waals surface area contributed by atoms with Gasteiger partial charge >= 0.3 is 0 Å². The van der Waals surface area contributed by atoms with Gasteiger partial charge in [-0.05, 0) is 12.0 Å². The second-order valence-corrected chi connectivity index (χ2v) is 1.00. The van der Waals surface area contributed by atoms with E-state index in [0.717, 1.165) is 6.42 Å². The smallest absolute Gasteiger partial charge is 0.111 e. The minimum Gasteiger partial charge on any atom is -0.434 e. The zero-order valence-electron chi connectivity index (χ0n) is 4.16. The van der Waals surface area contributed by atoms with Gasteiger partial charge in [0.1, 0.15) is 5.28 Å². The summed E-state index contributed by atoms with van der Waals surface area (Å²) in [6.45, 7) is 2.44. The largest absolute Gasteiger partial charge is 0.434 e. The Labute approximate surface area is 41.7 Å². The standard InChI is InChI=1S/C3H7N3O/c1-2-3-7-6-5-4/h2-3H2,1H3. The van der Waals surface area contributed by atoms with Gasteiger partial charge in [0, 0.05) is 4.91 Å². The maximum Gasteiger partial charge on any atom is 0.111 e. The Hall–Kier alpha value is -0.890. The fraction of sp³-hybridized carbons (Fsp3) is 1.00. The van der Waals surface area contributed by atoms with E-state index in [9.17, 15) is 0 Å².